The molecule has 0 aliphatic carbocycles. The topological polar surface area (TPSA) is 69.6 Å². The van der Waals surface area contributed by atoms with E-state index in [9.17, 15) is 0 Å². The molecule has 0 bridgehead atoms. The largest absolute Gasteiger partial charge is 0.398 e. The maximum absolute atomic E-state index is 5.93. The summed E-state index contributed by atoms with van der Waals surface area (Å²) in [7, 11) is 0. The number of hydrogen-bond acceptors (Lipinski definition) is 5. The Morgan fingerprint density at radius 2 is 1.75 bits per heavy atom. The number of benzene rings is 2. The lowest BCUT2D eigenvalue weighted by atomic mass is 10.3. The summed E-state index contributed by atoms with van der Waals surface area (Å²) < 4.78 is 1.74. The highest BCUT2D eigenvalue weighted by Crippen LogP contribution is 2.27. The van der Waals surface area contributed by atoms with Crippen molar-refractivity contribution in [3.05, 3.63) is 60.4 Å². The second kappa shape index (κ2) is 5.75. The van der Waals surface area contributed by atoms with Crippen LogP contribution in [0.1, 0.15) is 5.82 Å². The molecule has 3 aromatic rings. The van der Waals surface area contributed by atoms with Gasteiger partial charge in [-0.25, -0.2) is 0 Å². The second-order valence-corrected chi connectivity index (χ2v) is 5.19. The third kappa shape index (κ3) is 2.65. The Bertz CT molecular complexity index is 696. The van der Waals surface area contributed by atoms with Gasteiger partial charge in [-0.05, 0) is 34.7 Å². The molecule has 0 saturated heterocycles. The van der Waals surface area contributed by atoms with E-state index < -0.39 is 0 Å². The zero-order valence-electron chi connectivity index (χ0n) is 10.7. The van der Waals surface area contributed by atoms with Gasteiger partial charge in [0.1, 0.15) is 0 Å². The Morgan fingerprint density at radius 1 is 1.00 bits per heavy atom. The van der Waals surface area contributed by atoms with Crippen molar-refractivity contribution < 1.29 is 0 Å². The molecule has 20 heavy (non-hydrogen) atoms. The Balaban J connectivity index is 1.80. The summed E-state index contributed by atoms with van der Waals surface area (Å²) in [5.74, 6) is 1.46. The van der Waals surface area contributed by atoms with E-state index in [1.54, 1.807) is 16.4 Å². The molecule has 0 spiro atoms. The number of nitrogens with two attached hydrogens (primary N) is 1. The van der Waals surface area contributed by atoms with Crippen molar-refractivity contribution in [2.75, 3.05) is 5.73 Å². The molecule has 2 aromatic carbocycles. The van der Waals surface area contributed by atoms with E-state index in [2.05, 4.69) is 15.5 Å². The lowest BCUT2D eigenvalue weighted by Crippen LogP contribution is -2.02. The Hall–Kier alpha value is -2.34. The van der Waals surface area contributed by atoms with E-state index >= 15 is 0 Å². The number of rotatable bonds is 4. The molecule has 0 fully saturated rings. The van der Waals surface area contributed by atoms with E-state index in [1.807, 2.05) is 54.6 Å². The number of hydrogen-bond donors (Lipinski definition) is 1. The van der Waals surface area contributed by atoms with Gasteiger partial charge in [-0.15, -0.1) is 16.9 Å². The first-order valence-corrected chi connectivity index (χ1v) is 7.13. The summed E-state index contributed by atoms with van der Waals surface area (Å²) in [5, 5.41) is 11.9. The predicted molar refractivity (Wildman–Crippen MR) is 79.6 cm³/mol. The number of tetrazole rings is 1. The Labute approximate surface area is 120 Å². The summed E-state index contributed by atoms with van der Waals surface area (Å²) in [5.41, 5.74) is 7.66. The number of nitrogen functional groups attached to an aromatic ring is 1. The number of thioether (sulfide) groups is 1. The Kier molecular flexibility index (Phi) is 3.64. The molecule has 1 aromatic heterocycles. The summed E-state index contributed by atoms with van der Waals surface area (Å²) >= 11 is 1.63. The number of aromatic nitrogens is 4. The predicted octanol–water partition coefficient (Wildman–Crippen LogP) is 2.54. The van der Waals surface area contributed by atoms with Crippen molar-refractivity contribution in [3.63, 3.8) is 0 Å². The first-order valence-electron chi connectivity index (χ1n) is 6.14. The van der Waals surface area contributed by atoms with Crippen LogP contribution in [0.15, 0.2) is 59.5 Å². The second-order valence-electron chi connectivity index (χ2n) is 4.17. The average molecular weight is 283 g/mol. The van der Waals surface area contributed by atoms with Gasteiger partial charge < -0.3 is 5.73 Å². The number of para-hydroxylation sites is 2. The first kappa shape index (κ1) is 12.7. The fraction of sp³-hybridized carbons (Fsp3) is 0.0714. The van der Waals surface area contributed by atoms with Crippen LogP contribution < -0.4 is 5.73 Å². The number of nitrogens with zero attached hydrogens (tertiary/aromatic N) is 4. The summed E-state index contributed by atoms with van der Waals surface area (Å²) in [6.45, 7) is 0. The van der Waals surface area contributed by atoms with Crippen LogP contribution in [-0.4, -0.2) is 20.2 Å². The van der Waals surface area contributed by atoms with E-state index in [0.717, 1.165) is 22.1 Å². The molecule has 2 N–H and O–H groups in total. The van der Waals surface area contributed by atoms with Gasteiger partial charge in [-0.3, -0.25) is 0 Å². The lowest BCUT2D eigenvalue weighted by Gasteiger charge is -2.06. The van der Waals surface area contributed by atoms with Crippen LogP contribution in [0.2, 0.25) is 0 Å². The summed E-state index contributed by atoms with van der Waals surface area (Å²) in [6, 6.07) is 17.6. The smallest absolute Gasteiger partial charge is 0.166 e. The molecule has 5 nitrogen and oxygen atoms in total. The van der Waals surface area contributed by atoms with E-state index in [1.165, 1.54) is 0 Å². The highest BCUT2D eigenvalue weighted by atomic mass is 32.2. The first-order chi connectivity index (χ1) is 9.84. The van der Waals surface area contributed by atoms with Gasteiger partial charge in [0.15, 0.2) is 5.82 Å². The van der Waals surface area contributed by atoms with Gasteiger partial charge in [0, 0.05) is 10.6 Å². The van der Waals surface area contributed by atoms with Gasteiger partial charge in [-0.1, -0.05) is 30.3 Å². The molecule has 6 heteroatoms. The minimum absolute atomic E-state index is 0.663. The maximum Gasteiger partial charge on any atom is 0.166 e. The Morgan fingerprint density at radius 3 is 2.55 bits per heavy atom. The highest BCUT2D eigenvalue weighted by molar-refractivity contribution is 7.98. The molecule has 0 atom stereocenters. The quantitative estimate of drug-likeness (QED) is 0.588. The van der Waals surface area contributed by atoms with Crippen LogP contribution >= 0.6 is 11.8 Å². The van der Waals surface area contributed by atoms with Crippen molar-refractivity contribution in [1.82, 2.24) is 20.2 Å². The van der Waals surface area contributed by atoms with E-state index in [4.69, 9.17) is 5.73 Å². The minimum atomic E-state index is 0.663. The normalized spacial score (nSPS) is 10.6. The van der Waals surface area contributed by atoms with E-state index in [-0.39, 0.29) is 0 Å². The molecule has 3 rings (SSSR count). The molecule has 0 amide bonds. The zero-order chi connectivity index (χ0) is 13.8. The van der Waals surface area contributed by atoms with Crippen LogP contribution in [-0.2, 0) is 5.75 Å². The fourth-order valence-corrected chi connectivity index (χ4v) is 2.69. The van der Waals surface area contributed by atoms with Gasteiger partial charge in [0.2, 0.25) is 0 Å². The van der Waals surface area contributed by atoms with Gasteiger partial charge >= 0.3 is 0 Å². The van der Waals surface area contributed by atoms with E-state index in [0.29, 0.717) is 5.75 Å². The molecular weight excluding hydrogens is 270 g/mol. The third-order valence-electron chi connectivity index (χ3n) is 2.81. The van der Waals surface area contributed by atoms with Crippen LogP contribution in [0.5, 0.6) is 0 Å². The SMILES string of the molecule is Nc1ccccc1SCc1nnnn1-c1ccccc1. The van der Waals surface area contributed by atoms with Gasteiger partial charge in [0.05, 0.1) is 11.4 Å². The molecule has 100 valence electrons. The third-order valence-corrected chi connectivity index (χ3v) is 3.90. The van der Waals surface area contributed by atoms with Crippen molar-refractivity contribution in [2.24, 2.45) is 0 Å². The molecule has 0 radical (unpaired) electrons. The molecule has 0 aliphatic rings. The monoisotopic (exact) mass is 283 g/mol. The van der Waals surface area contributed by atoms with Crippen molar-refractivity contribution in [1.29, 1.82) is 0 Å². The summed E-state index contributed by atoms with van der Waals surface area (Å²) in [4.78, 5) is 1.04. The maximum atomic E-state index is 5.93. The lowest BCUT2D eigenvalue weighted by molar-refractivity contribution is 0.777. The van der Waals surface area contributed by atoms with Crippen molar-refractivity contribution in [3.8, 4) is 5.69 Å². The average Bonchev–Trinajstić information content (AvgIpc) is 2.96. The van der Waals surface area contributed by atoms with Crippen LogP contribution in [0.25, 0.3) is 5.69 Å². The standard InChI is InChI=1S/C14H13N5S/c15-12-8-4-5-9-13(12)20-10-14-16-17-18-19(14)11-6-2-1-3-7-11/h1-9H,10,15H2. The molecule has 0 aliphatic heterocycles. The fourth-order valence-electron chi connectivity index (χ4n) is 1.82. The van der Waals surface area contributed by atoms with Crippen molar-refractivity contribution in [2.45, 2.75) is 10.6 Å². The summed E-state index contributed by atoms with van der Waals surface area (Å²) in [6.07, 6.45) is 0. The van der Waals surface area contributed by atoms with Crippen LogP contribution in [0.4, 0.5) is 5.69 Å². The molecular formula is C14H13N5S. The van der Waals surface area contributed by atoms with Crippen LogP contribution in [0.3, 0.4) is 0 Å². The van der Waals surface area contributed by atoms with Crippen LogP contribution in [0, 0.1) is 0 Å². The zero-order valence-corrected chi connectivity index (χ0v) is 11.5. The van der Waals surface area contributed by atoms with Gasteiger partial charge in [-0.2, -0.15) is 4.68 Å². The van der Waals surface area contributed by atoms with Crippen molar-refractivity contribution >= 4 is 17.4 Å². The number of anilines is 1. The minimum Gasteiger partial charge on any atom is -0.398 e. The highest BCUT2D eigenvalue weighted by Gasteiger charge is 2.09. The molecule has 1 heterocycles. The molecule has 0 unspecified atom stereocenters. The molecule has 0 saturated carbocycles. The van der Waals surface area contributed by atoms with Gasteiger partial charge in [0.25, 0.3) is 0 Å².